The van der Waals surface area contributed by atoms with Crippen LogP contribution in [0.4, 0.5) is 5.69 Å². The molecule has 0 aliphatic heterocycles. The number of hydrogen-bond donors (Lipinski definition) is 1. The lowest BCUT2D eigenvalue weighted by molar-refractivity contribution is 0.0465. The van der Waals surface area contributed by atoms with E-state index in [9.17, 15) is 5.11 Å². The Morgan fingerprint density at radius 2 is 2.24 bits per heavy atom. The molecule has 0 radical (unpaired) electrons. The topological polar surface area (TPSA) is 47.3 Å². The molecule has 3 nitrogen and oxygen atoms in total. The third kappa shape index (κ3) is 2.80. The van der Waals surface area contributed by atoms with Crippen LogP contribution < -0.4 is 4.90 Å². The van der Waals surface area contributed by atoms with E-state index in [-0.39, 0.29) is 6.10 Å². The van der Waals surface area contributed by atoms with E-state index in [1.54, 1.807) is 0 Å². The molecule has 1 fully saturated rings. The molecule has 90 valence electrons. The van der Waals surface area contributed by atoms with Crippen LogP contribution in [-0.2, 0) is 0 Å². The standard InChI is InChI=1S/C13H15BrN2O/c1-16(8-9-4-12(17)5-9)13-6-11(14)3-2-10(13)7-15/h2-3,6,9,12,17H,4-5,8H2,1H3. The lowest BCUT2D eigenvalue weighted by Gasteiger charge is -2.35. The predicted octanol–water partition coefficient (Wildman–Crippen LogP) is 2.53. The van der Waals surface area contributed by atoms with Crippen molar-refractivity contribution in [3.05, 3.63) is 28.2 Å². The highest BCUT2D eigenvalue weighted by Crippen LogP contribution is 2.30. The first-order valence-electron chi connectivity index (χ1n) is 5.69. The van der Waals surface area contributed by atoms with Crippen LogP contribution in [0.15, 0.2) is 22.7 Å². The Kier molecular flexibility index (Phi) is 3.70. The molecule has 0 saturated heterocycles. The van der Waals surface area contributed by atoms with Crippen LogP contribution in [0.5, 0.6) is 0 Å². The predicted molar refractivity (Wildman–Crippen MR) is 70.9 cm³/mol. The summed E-state index contributed by atoms with van der Waals surface area (Å²) in [6.07, 6.45) is 1.63. The average molecular weight is 295 g/mol. The van der Waals surface area contributed by atoms with Crippen molar-refractivity contribution in [1.29, 1.82) is 5.26 Å². The molecular formula is C13H15BrN2O. The molecule has 1 N–H and O–H groups in total. The Morgan fingerprint density at radius 1 is 1.53 bits per heavy atom. The van der Waals surface area contributed by atoms with E-state index in [1.165, 1.54) is 0 Å². The van der Waals surface area contributed by atoms with Crippen molar-refractivity contribution < 1.29 is 5.11 Å². The molecule has 1 aliphatic carbocycles. The van der Waals surface area contributed by atoms with Crippen LogP contribution in [0.25, 0.3) is 0 Å². The van der Waals surface area contributed by atoms with Gasteiger partial charge in [0.25, 0.3) is 0 Å². The Hall–Kier alpha value is -1.05. The second-order valence-corrected chi connectivity index (χ2v) is 5.56. The summed E-state index contributed by atoms with van der Waals surface area (Å²) < 4.78 is 0.979. The summed E-state index contributed by atoms with van der Waals surface area (Å²) in [4.78, 5) is 2.10. The SMILES string of the molecule is CN(CC1CC(O)C1)c1cc(Br)ccc1C#N. The van der Waals surface area contributed by atoms with E-state index < -0.39 is 0 Å². The molecule has 0 spiro atoms. The molecular weight excluding hydrogens is 280 g/mol. The molecule has 1 aromatic carbocycles. The molecule has 4 heteroatoms. The second-order valence-electron chi connectivity index (χ2n) is 4.65. The largest absolute Gasteiger partial charge is 0.393 e. The highest BCUT2D eigenvalue weighted by Gasteiger charge is 2.28. The van der Waals surface area contributed by atoms with Crippen molar-refractivity contribution in [3.63, 3.8) is 0 Å². The third-order valence-electron chi connectivity index (χ3n) is 3.23. The summed E-state index contributed by atoms with van der Waals surface area (Å²) in [7, 11) is 1.99. The fraction of sp³-hybridized carbons (Fsp3) is 0.462. The van der Waals surface area contributed by atoms with E-state index in [2.05, 4.69) is 26.9 Å². The van der Waals surface area contributed by atoms with Gasteiger partial charge in [-0.2, -0.15) is 5.26 Å². The number of benzene rings is 1. The highest BCUT2D eigenvalue weighted by atomic mass is 79.9. The first-order valence-corrected chi connectivity index (χ1v) is 6.48. The number of aliphatic hydroxyl groups excluding tert-OH is 1. The smallest absolute Gasteiger partial charge is 0.101 e. The second kappa shape index (κ2) is 5.07. The van der Waals surface area contributed by atoms with Gasteiger partial charge in [0.05, 0.1) is 17.4 Å². The number of aliphatic hydroxyl groups is 1. The van der Waals surface area contributed by atoms with Crippen LogP contribution in [0, 0.1) is 17.2 Å². The minimum Gasteiger partial charge on any atom is -0.393 e. The molecule has 1 aromatic rings. The van der Waals surface area contributed by atoms with Gasteiger partial charge in [-0.15, -0.1) is 0 Å². The summed E-state index contributed by atoms with van der Waals surface area (Å²) >= 11 is 3.42. The van der Waals surface area contributed by atoms with E-state index in [4.69, 9.17) is 5.26 Å². The monoisotopic (exact) mass is 294 g/mol. The van der Waals surface area contributed by atoms with Gasteiger partial charge < -0.3 is 10.0 Å². The normalized spacial score (nSPS) is 22.7. The molecule has 0 bridgehead atoms. The van der Waals surface area contributed by atoms with Crippen molar-refractivity contribution in [2.45, 2.75) is 18.9 Å². The van der Waals surface area contributed by atoms with Gasteiger partial charge in [-0.25, -0.2) is 0 Å². The van der Waals surface area contributed by atoms with Gasteiger partial charge in [0.15, 0.2) is 0 Å². The van der Waals surface area contributed by atoms with Crippen LogP contribution in [-0.4, -0.2) is 24.8 Å². The Bertz CT molecular complexity index is 449. The lowest BCUT2D eigenvalue weighted by atomic mass is 9.82. The molecule has 0 heterocycles. The molecule has 1 saturated carbocycles. The van der Waals surface area contributed by atoms with E-state index in [0.717, 1.165) is 29.5 Å². The van der Waals surface area contributed by atoms with Gasteiger partial charge in [0, 0.05) is 18.1 Å². The van der Waals surface area contributed by atoms with Crippen molar-refractivity contribution in [3.8, 4) is 6.07 Å². The molecule has 17 heavy (non-hydrogen) atoms. The van der Waals surface area contributed by atoms with E-state index in [0.29, 0.717) is 11.5 Å². The number of rotatable bonds is 3. The summed E-state index contributed by atoms with van der Waals surface area (Å²) in [5, 5.41) is 18.3. The van der Waals surface area contributed by atoms with Crippen LogP contribution in [0.2, 0.25) is 0 Å². The molecule has 0 atom stereocenters. The first-order chi connectivity index (χ1) is 8.10. The summed E-state index contributed by atoms with van der Waals surface area (Å²) in [5.74, 6) is 0.542. The Balaban J connectivity index is 2.10. The van der Waals surface area contributed by atoms with Crippen LogP contribution in [0.1, 0.15) is 18.4 Å². The fourth-order valence-corrected chi connectivity index (χ4v) is 2.60. The van der Waals surface area contributed by atoms with Crippen molar-refractivity contribution in [2.24, 2.45) is 5.92 Å². The lowest BCUT2D eigenvalue weighted by Crippen LogP contribution is -2.37. The number of halogens is 1. The number of anilines is 1. The zero-order valence-corrected chi connectivity index (χ0v) is 11.3. The number of nitrogens with zero attached hydrogens (tertiary/aromatic N) is 2. The fourth-order valence-electron chi connectivity index (χ4n) is 2.25. The minimum atomic E-state index is -0.119. The van der Waals surface area contributed by atoms with E-state index in [1.807, 2.05) is 25.2 Å². The van der Waals surface area contributed by atoms with Gasteiger partial charge in [0.2, 0.25) is 0 Å². The Labute approximate surface area is 110 Å². The summed E-state index contributed by atoms with van der Waals surface area (Å²) in [6.45, 7) is 0.891. The van der Waals surface area contributed by atoms with Crippen molar-refractivity contribution >= 4 is 21.6 Å². The van der Waals surface area contributed by atoms with Crippen LogP contribution >= 0.6 is 15.9 Å². The zero-order valence-electron chi connectivity index (χ0n) is 9.73. The van der Waals surface area contributed by atoms with Crippen molar-refractivity contribution in [1.82, 2.24) is 0 Å². The van der Waals surface area contributed by atoms with Gasteiger partial charge in [-0.3, -0.25) is 0 Å². The highest BCUT2D eigenvalue weighted by molar-refractivity contribution is 9.10. The first kappa shape index (κ1) is 12.4. The maximum Gasteiger partial charge on any atom is 0.101 e. The maximum absolute atomic E-state index is 9.27. The quantitative estimate of drug-likeness (QED) is 0.932. The summed E-state index contributed by atoms with van der Waals surface area (Å²) in [5.41, 5.74) is 1.64. The van der Waals surface area contributed by atoms with Gasteiger partial charge in [-0.05, 0) is 37.0 Å². The zero-order chi connectivity index (χ0) is 12.4. The molecule has 2 rings (SSSR count). The van der Waals surface area contributed by atoms with Gasteiger partial charge in [0.1, 0.15) is 6.07 Å². The number of nitriles is 1. The van der Waals surface area contributed by atoms with E-state index >= 15 is 0 Å². The number of hydrogen-bond acceptors (Lipinski definition) is 3. The molecule has 0 unspecified atom stereocenters. The minimum absolute atomic E-state index is 0.119. The average Bonchev–Trinajstić information content (AvgIpc) is 2.27. The van der Waals surface area contributed by atoms with Gasteiger partial charge in [-0.1, -0.05) is 15.9 Å². The molecule has 1 aliphatic rings. The third-order valence-corrected chi connectivity index (χ3v) is 3.73. The van der Waals surface area contributed by atoms with Gasteiger partial charge >= 0.3 is 0 Å². The molecule has 0 amide bonds. The Morgan fingerprint density at radius 3 is 2.82 bits per heavy atom. The van der Waals surface area contributed by atoms with Crippen LogP contribution in [0.3, 0.4) is 0 Å². The van der Waals surface area contributed by atoms with Crippen molar-refractivity contribution in [2.75, 3.05) is 18.5 Å². The molecule has 0 aromatic heterocycles. The summed E-state index contributed by atoms with van der Waals surface area (Å²) in [6, 6.07) is 7.88. The maximum atomic E-state index is 9.27.